The molecular weight excluding hydrogens is 446 g/mol. The van der Waals surface area contributed by atoms with Gasteiger partial charge in [0.1, 0.15) is 5.82 Å². The van der Waals surface area contributed by atoms with Crippen molar-refractivity contribution in [3.63, 3.8) is 0 Å². The topological polar surface area (TPSA) is 107 Å². The summed E-state index contributed by atoms with van der Waals surface area (Å²) in [5.41, 5.74) is 0.392. The maximum absolute atomic E-state index is 13.0. The van der Waals surface area contributed by atoms with Crippen LogP contribution in [0.3, 0.4) is 0 Å². The molecule has 8 nitrogen and oxygen atoms in total. The predicted molar refractivity (Wildman–Crippen MR) is 102 cm³/mol. The van der Waals surface area contributed by atoms with Gasteiger partial charge in [0.25, 0.3) is 5.91 Å². The normalized spacial score (nSPS) is 17.4. The highest BCUT2D eigenvalue weighted by Gasteiger charge is 2.38. The lowest BCUT2D eigenvalue weighted by molar-refractivity contribution is -0.192. The van der Waals surface area contributed by atoms with Crippen LogP contribution in [0, 0.1) is 5.82 Å². The molecule has 1 saturated carbocycles. The molecule has 174 valence electrons. The summed E-state index contributed by atoms with van der Waals surface area (Å²) in [7, 11) is -3.37. The number of rotatable bonds is 6. The highest BCUT2D eigenvalue weighted by Crippen LogP contribution is 2.28. The summed E-state index contributed by atoms with van der Waals surface area (Å²) in [6.45, 7) is 2.42. The summed E-state index contributed by atoms with van der Waals surface area (Å²) in [6, 6.07) is 5.47. The van der Waals surface area contributed by atoms with Crippen LogP contribution in [0.4, 0.5) is 17.6 Å². The first kappa shape index (κ1) is 25.0. The fourth-order valence-electron chi connectivity index (χ4n) is 2.86. The third kappa shape index (κ3) is 7.74. The van der Waals surface area contributed by atoms with Gasteiger partial charge >= 0.3 is 12.1 Å². The summed E-state index contributed by atoms with van der Waals surface area (Å²) in [6.07, 6.45) is -3.30. The maximum Gasteiger partial charge on any atom is 0.490 e. The standard InChI is InChI=1S/C16H22FN3O3S.C2HF3O2/c17-14-3-1-13(2-4-14)16(21)20(15-5-6-15)11-12-24(22,23)19-9-7-18-8-10-19;3-2(4,5)1(6)7/h1-4,15,18H,5-12H2;(H,6,7). The van der Waals surface area contributed by atoms with E-state index in [9.17, 15) is 30.8 Å². The Morgan fingerprint density at radius 3 is 2.10 bits per heavy atom. The number of piperazine rings is 1. The van der Waals surface area contributed by atoms with E-state index >= 15 is 0 Å². The minimum Gasteiger partial charge on any atom is -0.475 e. The zero-order chi connectivity index (χ0) is 23.2. The quantitative estimate of drug-likeness (QED) is 0.609. The largest absolute Gasteiger partial charge is 0.490 e. The number of carbonyl (C=O) groups excluding carboxylic acids is 1. The number of halogens is 4. The van der Waals surface area contributed by atoms with Gasteiger partial charge in [-0.05, 0) is 37.1 Å². The summed E-state index contributed by atoms with van der Waals surface area (Å²) in [4.78, 5) is 23.1. The van der Waals surface area contributed by atoms with Crippen molar-refractivity contribution in [2.24, 2.45) is 0 Å². The van der Waals surface area contributed by atoms with E-state index in [4.69, 9.17) is 9.90 Å². The van der Waals surface area contributed by atoms with Crippen LogP contribution in [0.5, 0.6) is 0 Å². The molecule has 0 spiro atoms. The first-order valence-electron chi connectivity index (χ1n) is 9.47. The van der Waals surface area contributed by atoms with Crippen molar-refractivity contribution >= 4 is 21.9 Å². The van der Waals surface area contributed by atoms with Crippen molar-refractivity contribution in [3.8, 4) is 0 Å². The van der Waals surface area contributed by atoms with Crippen LogP contribution in [-0.2, 0) is 14.8 Å². The number of alkyl halides is 3. The molecule has 13 heteroatoms. The van der Waals surface area contributed by atoms with E-state index in [0.717, 1.165) is 12.8 Å². The van der Waals surface area contributed by atoms with E-state index in [1.165, 1.54) is 28.6 Å². The third-order valence-electron chi connectivity index (χ3n) is 4.64. The van der Waals surface area contributed by atoms with Crippen molar-refractivity contribution in [3.05, 3.63) is 35.6 Å². The van der Waals surface area contributed by atoms with Gasteiger partial charge in [-0.2, -0.15) is 17.5 Å². The summed E-state index contributed by atoms with van der Waals surface area (Å²) in [5.74, 6) is -3.46. The first-order valence-corrected chi connectivity index (χ1v) is 11.1. The number of nitrogens with zero attached hydrogens (tertiary/aromatic N) is 2. The lowest BCUT2D eigenvalue weighted by atomic mass is 10.2. The van der Waals surface area contributed by atoms with Gasteiger partial charge in [-0.15, -0.1) is 0 Å². The van der Waals surface area contributed by atoms with Crippen molar-refractivity contribution < 1.29 is 40.7 Å². The minimum atomic E-state index is -5.08. The number of hydrogen-bond donors (Lipinski definition) is 2. The van der Waals surface area contributed by atoms with Gasteiger partial charge in [-0.25, -0.2) is 17.6 Å². The van der Waals surface area contributed by atoms with Crippen LogP contribution < -0.4 is 5.32 Å². The number of hydrogen-bond acceptors (Lipinski definition) is 5. The number of sulfonamides is 1. The van der Waals surface area contributed by atoms with Crippen LogP contribution in [-0.4, -0.2) is 85.3 Å². The lowest BCUT2D eigenvalue weighted by Crippen LogP contribution is -2.48. The molecule has 1 aliphatic carbocycles. The third-order valence-corrected chi connectivity index (χ3v) is 6.49. The second-order valence-electron chi connectivity index (χ2n) is 7.00. The Balaban J connectivity index is 0.000000423. The predicted octanol–water partition coefficient (Wildman–Crippen LogP) is 1.30. The molecule has 1 saturated heterocycles. The van der Waals surface area contributed by atoms with Crippen molar-refractivity contribution in [2.75, 3.05) is 38.5 Å². The fraction of sp³-hybridized carbons (Fsp3) is 0.556. The Kier molecular flexibility index (Phi) is 8.37. The first-order chi connectivity index (χ1) is 14.4. The molecule has 0 aromatic heterocycles. The molecule has 1 aromatic carbocycles. The van der Waals surface area contributed by atoms with Gasteiger partial charge in [0.05, 0.1) is 5.75 Å². The summed E-state index contributed by atoms with van der Waals surface area (Å²) >= 11 is 0. The zero-order valence-electron chi connectivity index (χ0n) is 16.4. The average Bonchev–Trinajstić information content (AvgIpc) is 3.54. The van der Waals surface area contributed by atoms with Gasteiger partial charge in [0.15, 0.2) is 0 Å². The molecule has 0 unspecified atom stereocenters. The maximum atomic E-state index is 13.0. The van der Waals surface area contributed by atoms with E-state index in [-0.39, 0.29) is 24.2 Å². The van der Waals surface area contributed by atoms with Crippen molar-refractivity contribution in [1.29, 1.82) is 0 Å². The Bertz CT molecular complexity index is 867. The van der Waals surface area contributed by atoms with Gasteiger partial charge in [0, 0.05) is 44.3 Å². The van der Waals surface area contributed by atoms with Crippen LogP contribution in [0.15, 0.2) is 24.3 Å². The van der Waals surface area contributed by atoms with E-state index in [0.29, 0.717) is 31.7 Å². The SMILES string of the molecule is O=C(O)C(F)(F)F.O=C(c1ccc(F)cc1)N(CCS(=O)(=O)N1CCNCC1)C1CC1. The number of amides is 1. The minimum absolute atomic E-state index is 0.0730. The zero-order valence-corrected chi connectivity index (χ0v) is 17.3. The number of carboxylic acid groups (broad SMARTS) is 1. The van der Waals surface area contributed by atoms with Crippen LogP contribution in [0.25, 0.3) is 0 Å². The number of carboxylic acids is 1. The molecule has 1 aromatic rings. The van der Waals surface area contributed by atoms with E-state index in [1.54, 1.807) is 4.90 Å². The molecule has 2 N–H and O–H groups in total. The Morgan fingerprint density at radius 2 is 1.65 bits per heavy atom. The van der Waals surface area contributed by atoms with E-state index in [1.807, 2.05) is 0 Å². The van der Waals surface area contributed by atoms with Gasteiger partial charge in [0.2, 0.25) is 10.0 Å². The van der Waals surface area contributed by atoms with Crippen LogP contribution >= 0.6 is 0 Å². The molecule has 0 bridgehead atoms. The lowest BCUT2D eigenvalue weighted by Gasteiger charge is -2.28. The van der Waals surface area contributed by atoms with Gasteiger partial charge in [-0.3, -0.25) is 4.79 Å². The Hall–Kier alpha value is -2.25. The van der Waals surface area contributed by atoms with Gasteiger partial charge < -0.3 is 15.3 Å². The molecule has 31 heavy (non-hydrogen) atoms. The van der Waals surface area contributed by atoms with Crippen molar-refractivity contribution in [1.82, 2.24) is 14.5 Å². The van der Waals surface area contributed by atoms with Crippen molar-refractivity contribution in [2.45, 2.75) is 25.1 Å². The number of carbonyl (C=O) groups is 2. The Labute approximate surface area is 176 Å². The number of aliphatic carboxylic acids is 1. The summed E-state index contributed by atoms with van der Waals surface area (Å²) in [5, 5.41) is 10.2. The van der Waals surface area contributed by atoms with E-state index < -0.39 is 28.0 Å². The highest BCUT2D eigenvalue weighted by molar-refractivity contribution is 7.89. The molecule has 2 aliphatic rings. The molecule has 1 amide bonds. The van der Waals surface area contributed by atoms with Crippen LogP contribution in [0.1, 0.15) is 23.2 Å². The number of benzene rings is 1. The molecule has 0 radical (unpaired) electrons. The molecule has 0 atom stereocenters. The monoisotopic (exact) mass is 469 g/mol. The molecular formula is C18H23F4N3O5S. The van der Waals surface area contributed by atoms with Gasteiger partial charge in [-0.1, -0.05) is 0 Å². The van der Waals surface area contributed by atoms with E-state index in [2.05, 4.69) is 5.32 Å². The number of nitrogens with one attached hydrogen (secondary N) is 1. The second kappa shape index (κ2) is 10.4. The average molecular weight is 469 g/mol. The fourth-order valence-corrected chi connectivity index (χ4v) is 4.28. The smallest absolute Gasteiger partial charge is 0.475 e. The summed E-state index contributed by atoms with van der Waals surface area (Å²) < 4.78 is 71.1. The van der Waals surface area contributed by atoms with Crippen LogP contribution in [0.2, 0.25) is 0 Å². The second-order valence-corrected chi connectivity index (χ2v) is 9.09. The molecule has 1 aliphatic heterocycles. The molecule has 3 rings (SSSR count). The molecule has 2 fully saturated rings. The molecule has 1 heterocycles. The highest BCUT2D eigenvalue weighted by atomic mass is 32.2. The Morgan fingerprint density at radius 1 is 1.13 bits per heavy atom.